The number of para-hydroxylation sites is 1. The van der Waals surface area contributed by atoms with Crippen molar-refractivity contribution in [2.45, 2.75) is 46.8 Å². The van der Waals surface area contributed by atoms with Gasteiger partial charge >= 0.3 is 0 Å². The van der Waals surface area contributed by atoms with E-state index in [1.807, 2.05) is 107 Å². The SMILES string of the molecule is COc1ccc([C@@H]2C(C(=O)Nc3ccc(C)cc3C)=C(C)N=c3s/c(=C\c4ccccc4OC(C)C)c(=O)n32)cc1. The Labute approximate surface area is 243 Å². The molecular formula is C33H33N3O4S. The molecule has 1 aliphatic heterocycles. The number of methoxy groups -OCH3 is 1. The van der Waals surface area contributed by atoms with E-state index in [-0.39, 0.29) is 17.6 Å². The summed E-state index contributed by atoms with van der Waals surface area (Å²) in [6.45, 7) is 9.72. The molecule has 0 spiro atoms. The number of rotatable bonds is 7. The van der Waals surface area contributed by atoms with Crippen LogP contribution in [0.5, 0.6) is 11.5 Å². The molecule has 1 aliphatic rings. The Morgan fingerprint density at radius 2 is 1.78 bits per heavy atom. The first kappa shape index (κ1) is 28.1. The molecule has 0 bridgehead atoms. The molecular weight excluding hydrogens is 534 g/mol. The molecule has 0 saturated carbocycles. The molecule has 210 valence electrons. The Hall–Kier alpha value is -4.43. The third kappa shape index (κ3) is 5.74. The van der Waals surface area contributed by atoms with Crippen molar-refractivity contribution >= 4 is 29.0 Å². The zero-order valence-corrected chi connectivity index (χ0v) is 24.8. The number of carbonyl (C=O) groups excluding carboxylic acids is 1. The molecule has 4 aromatic rings. The predicted octanol–water partition coefficient (Wildman–Crippen LogP) is 5.29. The van der Waals surface area contributed by atoms with E-state index in [4.69, 9.17) is 14.5 Å². The summed E-state index contributed by atoms with van der Waals surface area (Å²) in [7, 11) is 1.60. The molecule has 1 amide bonds. The Balaban J connectivity index is 1.66. The number of hydrogen-bond donors (Lipinski definition) is 1. The zero-order valence-electron chi connectivity index (χ0n) is 24.0. The number of allylic oxidation sites excluding steroid dienone is 1. The summed E-state index contributed by atoms with van der Waals surface area (Å²) in [5, 5.41) is 3.06. The summed E-state index contributed by atoms with van der Waals surface area (Å²) in [6, 6.07) is 20.3. The van der Waals surface area contributed by atoms with Crippen LogP contribution in [0.15, 0.2) is 87.8 Å². The van der Waals surface area contributed by atoms with Crippen molar-refractivity contribution in [3.8, 4) is 11.5 Å². The van der Waals surface area contributed by atoms with Gasteiger partial charge in [0.15, 0.2) is 4.80 Å². The lowest BCUT2D eigenvalue weighted by Gasteiger charge is -2.25. The highest BCUT2D eigenvalue weighted by molar-refractivity contribution is 7.07. The van der Waals surface area contributed by atoms with E-state index in [9.17, 15) is 9.59 Å². The van der Waals surface area contributed by atoms with Crippen LogP contribution in [-0.4, -0.2) is 23.7 Å². The van der Waals surface area contributed by atoms with Crippen LogP contribution < -0.4 is 29.7 Å². The summed E-state index contributed by atoms with van der Waals surface area (Å²) in [5.41, 5.74) is 5.11. The monoisotopic (exact) mass is 567 g/mol. The normalized spacial score (nSPS) is 15.0. The van der Waals surface area contributed by atoms with Gasteiger partial charge in [0.2, 0.25) is 0 Å². The number of carbonyl (C=O) groups is 1. The Morgan fingerprint density at radius 1 is 1.05 bits per heavy atom. The summed E-state index contributed by atoms with van der Waals surface area (Å²) in [4.78, 5) is 33.2. The number of aryl methyl sites for hydroxylation is 2. The number of benzene rings is 3. The fourth-order valence-corrected chi connectivity index (χ4v) is 6.00. The highest BCUT2D eigenvalue weighted by Crippen LogP contribution is 2.32. The van der Waals surface area contributed by atoms with Gasteiger partial charge in [-0.25, -0.2) is 4.99 Å². The van der Waals surface area contributed by atoms with Crippen molar-refractivity contribution in [1.29, 1.82) is 0 Å². The van der Waals surface area contributed by atoms with Gasteiger partial charge in [-0.3, -0.25) is 14.2 Å². The number of ether oxygens (including phenoxy) is 2. The van der Waals surface area contributed by atoms with Crippen molar-refractivity contribution in [3.05, 3.63) is 120 Å². The number of thiazole rings is 1. The number of nitrogens with zero attached hydrogens (tertiary/aromatic N) is 2. The molecule has 0 aliphatic carbocycles. The molecule has 1 N–H and O–H groups in total. The fraction of sp³-hybridized carbons (Fsp3) is 0.242. The topological polar surface area (TPSA) is 81.9 Å². The largest absolute Gasteiger partial charge is 0.497 e. The van der Waals surface area contributed by atoms with E-state index in [0.717, 1.165) is 22.3 Å². The van der Waals surface area contributed by atoms with Gasteiger partial charge in [0.05, 0.1) is 35.1 Å². The van der Waals surface area contributed by atoms with Crippen molar-refractivity contribution < 1.29 is 14.3 Å². The summed E-state index contributed by atoms with van der Waals surface area (Å²) in [5.74, 6) is 1.08. The van der Waals surface area contributed by atoms with Gasteiger partial charge < -0.3 is 14.8 Å². The quantitative estimate of drug-likeness (QED) is 0.329. The highest BCUT2D eigenvalue weighted by Gasteiger charge is 2.32. The minimum Gasteiger partial charge on any atom is -0.497 e. The first-order valence-electron chi connectivity index (χ1n) is 13.5. The van der Waals surface area contributed by atoms with Gasteiger partial charge in [-0.1, -0.05) is 59.4 Å². The third-order valence-corrected chi connectivity index (χ3v) is 7.88. The maximum Gasteiger partial charge on any atom is 0.271 e. The maximum atomic E-state index is 14.0. The summed E-state index contributed by atoms with van der Waals surface area (Å²) in [6.07, 6.45) is 1.82. The first-order valence-corrected chi connectivity index (χ1v) is 14.3. The molecule has 5 rings (SSSR count). The molecule has 3 aromatic carbocycles. The van der Waals surface area contributed by atoms with Crippen molar-refractivity contribution in [2.75, 3.05) is 12.4 Å². The Kier molecular flexibility index (Phi) is 7.94. The van der Waals surface area contributed by atoms with E-state index in [2.05, 4.69) is 5.32 Å². The number of nitrogens with one attached hydrogen (secondary N) is 1. The molecule has 7 nitrogen and oxygen atoms in total. The van der Waals surface area contributed by atoms with Crippen LogP contribution in [0.4, 0.5) is 5.69 Å². The number of fused-ring (bicyclic) bond motifs is 1. The van der Waals surface area contributed by atoms with Crippen molar-refractivity contribution in [2.24, 2.45) is 4.99 Å². The second-order valence-corrected chi connectivity index (χ2v) is 11.3. The zero-order chi connectivity index (χ0) is 29.3. The van der Waals surface area contributed by atoms with Gasteiger partial charge in [0, 0.05) is 11.3 Å². The molecule has 41 heavy (non-hydrogen) atoms. The van der Waals surface area contributed by atoms with Crippen LogP contribution in [-0.2, 0) is 4.79 Å². The lowest BCUT2D eigenvalue weighted by molar-refractivity contribution is -0.113. The van der Waals surface area contributed by atoms with E-state index >= 15 is 0 Å². The van der Waals surface area contributed by atoms with Crippen LogP contribution in [0.1, 0.15) is 49.1 Å². The van der Waals surface area contributed by atoms with Crippen LogP contribution in [0, 0.1) is 13.8 Å². The second-order valence-electron chi connectivity index (χ2n) is 10.3. The average molecular weight is 568 g/mol. The minimum atomic E-state index is -0.674. The van der Waals surface area contributed by atoms with Crippen LogP contribution >= 0.6 is 11.3 Å². The van der Waals surface area contributed by atoms with E-state index in [0.29, 0.717) is 37.8 Å². The number of amides is 1. The van der Waals surface area contributed by atoms with E-state index in [1.54, 1.807) is 11.7 Å². The van der Waals surface area contributed by atoms with Gasteiger partial charge in [-0.2, -0.15) is 0 Å². The van der Waals surface area contributed by atoms with Crippen LogP contribution in [0.2, 0.25) is 0 Å². The average Bonchev–Trinajstić information content (AvgIpc) is 3.24. The first-order chi connectivity index (χ1) is 19.7. The lowest BCUT2D eigenvalue weighted by atomic mass is 9.95. The molecule has 2 heterocycles. The molecule has 0 fully saturated rings. The summed E-state index contributed by atoms with van der Waals surface area (Å²) < 4.78 is 13.5. The standard InChI is InChI=1S/C33H33N3O4S/c1-19(2)40-27-10-8-7-9-24(27)18-28-32(38)36-30(23-12-14-25(39-6)15-13-23)29(22(5)34-33(36)41-28)31(37)35-26-16-11-20(3)17-21(26)4/h7-19,30H,1-6H3,(H,35,37)/b28-18-/t30-/m1/s1. The van der Waals surface area contributed by atoms with Gasteiger partial charge in [0.1, 0.15) is 11.5 Å². The number of aromatic nitrogens is 1. The molecule has 1 aromatic heterocycles. The van der Waals surface area contributed by atoms with Crippen LogP contribution in [0.25, 0.3) is 6.08 Å². The molecule has 1 atom stereocenters. The number of hydrogen-bond acceptors (Lipinski definition) is 6. The van der Waals surface area contributed by atoms with E-state index < -0.39 is 6.04 Å². The maximum absolute atomic E-state index is 14.0. The molecule has 0 radical (unpaired) electrons. The minimum absolute atomic E-state index is 0.0123. The van der Waals surface area contributed by atoms with E-state index in [1.165, 1.54) is 11.3 Å². The summed E-state index contributed by atoms with van der Waals surface area (Å²) >= 11 is 1.30. The predicted molar refractivity (Wildman–Crippen MR) is 164 cm³/mol. The fourth-order valence-electron chi connectivity index (χ4n) is 4.96. The molecule has 8 heteroatoms. The highest BCUT2D eigenvalue weighted by atomic mass is 32.1. The van der Waals surface area contributed by atoms with Gasteiger partial charge in [0.25, 0.3) is 11.5 Å². The van der Waals surface area contributed by atoms with Crippen molar-refractivity contribution in [1.82, 2.24) is 4.57 Å². The van der Waals surface area contributed by atoms with Crippen molar-refractivity contribution in [3.63, 3.8) is 0 Å². The third-order valence-electron chi connectivity index (χ3n) is 6.90. The Bertz CT molecular complexity index is 1830. The molecule has 0 unspecified atom stereocenters. The van der Waals surface area contributed by atoms with Crippen LogP contribution in [0.3, 0.4) is 0 Å². The van der Waals surface area contributed by atoms with Gasteiger partial charge in [-0.05, 0) is 76.1 Å². The molecule has 0 saturated heterocycles. The number of anilines is 1. The smallest absolute Gasteiger partial charge is 0.271 e. The Morgan fingerprint density at radius 3 is 2.46 bits per heavy atom. The van der Waals surface area contributed by atoms with Gasteiger partial charge in [-0.15, -0.1) is 0 Å². The second kappa shape index (κ2) is 11.6. The lowest BCUT2D eigenvalue weighted by Crippen LogP contribution is -2.40.